The van der Waals surface area contributed by atoms with Gasteiger partial charge in [-0.15, -0.1) is 0 Å². The monoisotopic (exact) mass is 373 g/mol. The lowest BCUT2D eigenvalue weighted by Crippen LogP contribution is -2.46. The molecule has 0 radical (unpaired) electrons. The van der Waals surface area contributed by atoms with E-state index < -0.39 is 29.0 Å². The number of benzene rings is 1. The van der Waals surface area contributed by atoms with Gasteiger partial charge in [-0.3, -0.25) is 5.32 Å². The van der Waals surface area contributed by atoms with Gasteiger partial charge < -0.3 is 14.6 Å². The Morgan fingerprint density at radius 2 is 1.85 bits per heavy atom. The van der Waals surface area contributed by atoms with Crippen molar-refractivity contribution in [1.29, 1.82) is 0 Å². The summed E-state index contributed by atoms with van der Waals surface area (Å²) < 4.78 is 11.6. The van der Waals surface area contributed by atoms with Crippen molar-refractivity contribution < 1.29 is 19.4 Å². The van der Waals surface area contributed by atoms with Gasteiger partial charge in [0.05, 0.1) is 17.3 Å². The lowest BCUT2D eigenvalue weighted by molar-refractivity contribution is -0.142. The van der Waals surface area contributed by atoms with Crippen molar-refractivity contribution in [3.63, 3.8) is 0 Å². The lowest BCUT2D eigenvalue weighted by atomic mass is 9.78. The molecule has 0 fully saturated rings. The molecule has 1 aliphatic carbocycles. The minimum atomic E-state index is -0.683. The van der Waals surface area contributed by atoms with Crippen LogP contribution in [0.1, 0.15) is 71.3 Å². The molecule has 2 aliphatic rings. The van der Waals surface area contributed by atoms with E-state index in [1.165, 1.54) is 0 Å². The van der Waals surface area contributed by atoms with E-state index in [2.05, 4.69) is 11.4 Å². The number of rotatable bonds is 1. The van der Waals surface area contributed by atoms with E-state index in [1.807, 2.05) is 67.5 Å². The highest BCUT2D eigenvalue weighted by Gasteiger charge is 2.50. The minimum Gasteiger partial charge on any atom is -0.444 e. The molecule has 3 rings (SSSR count). The normalized spacial score (nSPS) is 25.3. The third kappa shape index (κ3) is 3.76. The second-order valence-electron chi connectivity index (χ2n) is 9.71. The second-order valence-corrected chi connectivity index (χ2v) is 9.71. The number of aliphatic hydroxyl groups is 1. The summed E-state index contributed by atoms with van der Waals surface area (Å²) in [5.74, 6) is -0.142. The molecule has 1 aliphatic heterocycles. The number of aliphatic hydroxyl groups excluding tert-OH is 1. The van der Waals surface area contributed by atoms with Crippen molar-refractivity contribution in [2.75, 3.05) is 5.32 Å². The van der Waals surface area contributed by atoms with Gasteiger partial charge in [0, 0.05) is 11.6 Å². The number of hydrogen-bond acceptors (Lipinski definition) is 4. The molecule has 0 unspecified atom stereocenters. The Kier molecular flexibility index (Phi) is 4.48. The van der Waals surface area contributed by atoms with Crippen LogP contribution in [0.5, 0.6) is 0 Å². The Morgan fingerprint density at radius 3 is 2.44 bits per heavy atom. The van der Waals surface area contributed by atoms with Gasteiger partial charge in [-0.1, -0.05) is 0 Å². The van der Waals surface area contributed by atoms with Gasteiger partial charge in [0.2, 0.25) is 0 Å². The van der Waals surface area contributed by atoms with E-state index >= 15 is 0 Å². The standard InChI is InChI=1S/C22H31NO4/c1-12-9-13-14(10-16(12)23-19(25)26-20(2,3)4)18(24)17-15(13)11-21(5,6)27-22(17,7)8/h9-11,17-18,24H,1-8H3,(H,23,25)/t17-,18-/m1/s1. The summed E-state index contributed by atoms with van der Waals surface area (Å²) in [5.41, 5.74) is 3.07. The summed E-state index contributed by atoms with van der Waals surface area (Å²) in [6, 6.07) is 3.90. The number of fused-ring (bicyclic) bond motifs is 3. The van der Waals surface area contributed by atoms with Crippen LogP contribution in [0.4, 0.5) is 10.5 Å². The minimum absolute atomic E-state index is 0.142. The zero-order chi connectivity index (χ0) is 20.4. The van der Waals surface area contributed by atoms with E-state index in [0.29, 0.717) is 5.69 Å². The van der Waals surface area contributed by atoms with Gasteiger partial charge in [-0.2, -0.15) is 0 Å². The van der Waals surface area contributed by atoms with E-state index in [0.717, 1.165) is 22.3 Å². The van der Waals surface area contributed by atoms with Crippen molar-refractivity contribution in [3.8, 4) is 0 Å². The quantitative estimate of drug-likeness (QED) is 0.729. The summed E-state index contributed by atoms with van der Waals surface area (Å²) >= 11 is 0. The zero-order valence-electron chi connectivity index (χ0n) is 17.6. The topological polar surface area (TPSA) is 67.8 Å². The molecule has 148 valence electrons. The Labute approximate surface area is 161 Å². The van der Waals surface area contributed by atoms with Gasteiger partial charge in [0.15, 0.2) is 0 Å². The number of carbonyl (C=O) groups is 1. The van der Waals surface area contributed by atoms with Crippen LogP contribution in [0.2, 0.25) is 0 Å². The van der Waals surface area contributed by atoms with Crippen molar-refractivity contribution in [2.45, 2.75) is 78.3 Å². The van der Waals surface area contributed by atoms with Crippen LogP contribution in [0, 0.1) is 12.8 Å². The first-order valence-corrected chi connectivity index (χ1v) is 9.46. The molecule has 2 N–H and O–H groups in total. The van der Waals surface area contributed by atoms with Gasteiger partial charge in [0.1, 0.15) is 5.60 Å². The first kappa shape index (κ1) is 19.9. The highest BCUT2D eigenvalue weighted by Crippen LogP contribution is 2.55. The maximum Gasteiger partial charge on any atom is 0.412 e. The molecule has 5 heteroatoms. The van der Waals surface area contributed by atoms with Crippen LogP contribution in [0.15, 0.2) is 18.2 Å². The second kappa shape index (κ2) is 6.08. The van der Waals surface area contributed by atoms with Crippen molar-refractivity contribution in [2.24, 2.45) is 5.92 Å². The van der Waals surface area contributed by atoms with Crippen LogP contribution < -0.4 is 5.32 Å². The maximum atomic E-state index is 12.2. The Hall–Kier alpha value is -1.85. The molecule has 0 saturated heterocycles. The summed E-state index contributed by atoms with van der Waals surface area (Å²) in [4.78, 5) is 12.2. The van der Waals surface area contributed by atoms with E-state index in [1.54, 1.807) is 0 Å². The summed E-state index contributed by atoms with van der Waals surface area (Å²) in [6.07, 6.45) is 0.926. The summed E-state index contributed by atoms with van der Waals surface area (Å²) in [6.45, 7) is 15.5. The molecule has 2 atom stereocenters. The largest absolute Gasteiger partial charge is 0.444 e. The van der Waals surface area contributed by atoms with Crippen molar-refractivity contribution in [1.82, 2.24) is 0 Å². The van der Waals surface area contributed by atoms with Crippen LogP contribution in [0.3, 0.4) is 0 Å². The molecule has 0 spiro atoms. The highest BCUT2D eigenvalue weighted by molar-refractivity contribution is 5.88. The molecule has 0 aromatic heterocycles. The van der Waals surface area contributed by atoms with E-state index in [-0.39, 0.29) is 5.92 Å². The Bertz CT molecular complexity index is 814. The Morgan fingerprint density at radius 1 is 1.22 bits per heavy atom. The van der Waals surface area contributed by atoms with Crippen LogP contribution in [-0.2, 0) is 9.47 Å². The maximum absolute atomic E-state index is 12.2. The molecule has 1 aromatic carbocycles. The SMILES string of the molecule is Cc1cc2c(cc1NC(=O)OC(C)(C)C)[C@@H](O)[C@H]1C2=CC(C)(C)OC1(C)C. The van der Waals surface area contributed by atoms with Gasteiger partial charge in [-0.05, 0) is 95.9 Å². The Balaban J connectivity index is 2.00. The van der Waals surface area contributed by atoms with Gasteiger partial charge in [-0.25, -0.2) is 4.79 Å². The number of amides is 1. The number of nitrogens with one attached hydrogen (secondary N) is 1. The van der Waals surface area contributed by atoms with Crippen LogP contribution in [-0.4, -0.2) is 28.0 Å². The van der Waals surface area contributed by atoms with Crippen LogP contribution >= 0.6 is 0 Å². The average Bonchev–Trinajstić information content (AvgIpc) is 2.68. The predicted octanol–water partition coefficient (Wildman–Crippen LogP) is 4.98. The first-order chi connectivity index (χ1) is 12.2. The molecule has 1 aromatic rings. The number of hydrogen-bond donors (Lipinski definition) is 2. The third-order valence-electron chi connectivity index (χ3n) is 5.09. The summed E-state index contributed by atoms with van der Waals surface area (Å²) in [5, 5.41) is 13.9. The number of ether oxygens (including phenoxy) is 2. The zero-order valence-corrected chi connectivity index (χ0v) is 17.6. The number of anilines is 1. The molecular formula is C22H31NO4. The predicted molar refractivity (Wildman–Crippen MR) is 107 cm³/mol. The molecule has 1 amide bonds. The smallest absolute Gasteiger partial charge is 0.412 e. The van der Waals surface area contributed by atoms with Crippen molar-refractivity contribution in [3.05, 3.63) is 34.9 Å². The summed E-state index contributed by atoms with van der Waals surface area (Å²) in [7, 11) is 0. The van der Waals surface area contributed by atoms with E-state index in [4.69, 9.17) is 9.47 Å². The molecule has 0 saturated carbocycles. The van der Waals surface area contributed by atoms with Crippen molar-refractivity contribution >= 4 is 17.4 Å². The fourth-order valence-electron chi connectivity index (χ4n) is 4.35. The fourth-order valence-corrected chi connectivity index (χ4v) is 4.35. The van der Waals surface area contributed by atoms with E-state index in [9.17, 15) is 9.90 Å². The number of aryl methyl sites for hydroxylation is 1. The molecule has 5 nitrogen and oxygen atoms in total. The average molecular weight is 373 g/mol. The highest BCUT2D eigenvalue weighted by atomic mass is 16.6. The lowest BCUT2D eigenvalue weighted by Gasteiger charge is -2.45. The fraction of sp³-hybridized carbons (Fsp3) is 0.591. The molecule has 0 bridgehead atoms. The molecule has 1 heterocycles. The number of carbonyl (C=O) groups excluding carboxylic acids is 1. The first-order valence-electron chi connectivity index (χ1n) is 9.46. The van der Waals surface area contributed by atoms with Crippen LogP contribution in [0.25, 0.3) is 5.57 Å². The third-order valence-corrected chi connectivity index (χ3v) is 5.09. The molecule has 27 heavy (non-hydrogen) atoms. The molecular weight excluding hydrogens is 342 g/mol. The van der Waals surface area contributed by atoms with Gasteiger partial charge >= 0.3 is 6.09 Å². The van der Waals surface area contributed by atoms with Gasteiger partial charge in [0.25, 0.3) is 0 Å².